The van der Waals surface area contributed by atoms with Gasteiger partial charge in [0.05, 0.1) is 22.1 Å². The Hall–Kier alpha value is -6.74. The van der Waals surface area contributed by atoms with Crippen LogP contribution >= 0.6 is 11.3 Å². The van der Waals surface area contributed by atoms with Gasteiger partial charge in [0.2, 0.25) is 0 Å². The van der Waals surface area contributed by atoms with E-state index >= 15 is 0 Å². The highest BCUT2D eigenvalue weighted by molar-refractivity contribution is 7.19. The summed E-state index contributed by atoms with van der Waals surface area (Å²) < 4.78 is 2.58. The van der Waals surface area contributed by atoms with Crippen LogP contribution in [0, 0.1) is 0 Å². The molecule has 2 heterocycles. The molecule has 13 rings (SSSR count). The first kappa shape index (κ1) is 32.4. The SMILES string of the molecule is CC1(C)c2ccccc2-c2cc3c4ccccc4n(-c4cccc5c4-c4ccccc4C54c5ccccc5-c5c(-c6ccccc6)sc(-c6ccccc6)c54)c3cc21. The molecule has 0 saturated heterocycles. The van der Waals surface area contributed by atoms with Crippen molar-refractivity contribution in [3.8, 4) is 59.9 Å². The minimum atomic E-state index is -0.508. The molecule has 1 atom stereocenters. The molecule has 8 aromatic carbocycles. The fraction of sp³-hybridized carbons (Fsp3) is 0.0714. The Balaban J connectivity index is 1.17. The molecule has 0 aliphatic heterocycles. The van der Waals surface area contributed by atoms with Gasteiger partial charge in [-0.2, -0.15) is 0 Å². The third-order valence-electron chi connectivity index (χ3n) is 13.6. The highest BCUT2D eigenvalue weighted by Crippen LogP contribution is 2.68. The second-order valence-electron chi connectivity index (χ2n) is 16.7. The average Bonchev–Trinajstić information content (AvgIpc) is 4.04. The Morgan fingerprint density at radius 3 is 1.69 bits per heavy atom. The fourth-order valence-corrected chi connectivity index (χ4v) is 12.7. The van der Waals surface area contributed by atoms with Crippen molar-refractivity contribution in [1.29, 1.82) is 0 Å². The van der Waals surface area contributed by atoms with E-state index in [9.17, 15) is 0 Å². The van der Waals surface area contributed by atoms with Gasteiger partial charge in [-0.05, 0) is 91.0 Å². The lowest BCUT2D eigenvalue weighted by molar-refractivity contribution is 0.661. The van der Waals surface area contributed by atoms with Crippen LogP contribution < -0.4 is 0 Å². The molecular formula is C56H37NS. The number of fused-ring (bicyclic) bond motifs is 16. The molecule has 1 unspecified atom stereocenters. The summed E-state index contributed by atoms with van der Waals surface area (Å²) in [5, 5.41) is 2.58. The van der Waals surface area contributed by atoms with Crippen LogP contribution in [-0.4, -0.2) is 4.57 Å². The van der Waals surface area contributed by atoms with Gasteiger partial charge in [-0.25, -0.2) is 0 Å². The predicted molar refractivity (Wildman–Crippen MR) is 243 cm³/mol. The lowest BCUT2D eigenvalue weighted by Gasteiger charge is -2.31. The number of hydrogen-bond acceptors (Lipinski definition) is 1. The number of rotatable bonds is 3. The number of para-hydroxylation sites is 1. The fourth-order valence-electron chi connectivity index (χ4n) is 11.3. The van der Waals surface area contributed by atoms with Crippen LogP contribution in [0.1, 0.15) is 47.2 Å². The first-order valence-electron chi connectivity index (χ1n) is 20.4. The molecule has 0 amide bonds. The van der Waals surface area contributed by atoms with Gasteiger partial charge in [0, 0.05) is 37.1 Å². The first-order chi connectivity index (χ1) is 28.6. The molecule has 3 aliphatic rings. The monoisotopic (exact) mass is 755 g/mol. The van der Waals surface area contributed by atoms with E-state index in [-0.39, 0.29) is 5.41 Å². The Morgan fingerprint density at radius 2 is 0.966 bits per heavy atom. The van der Waals surface area contributed by atoms with Gasteiger partial charge in [0.25, 0.3) is 0 Å². The number of aromatic nitrogens is 1. The van der Waals surface area contributed by atoms with Crippen LogP contribution in [0.3, 0.4) is 0 Å². The van der Waals surface area contributed by atoms with E-state index in [4.69, 9.17) is 0 Å². The Labute approximate surface area is 342 Å². The summed E-state index contributed by atoms with van der Waals surface area (Å²) >= 11 is 1.95. The minimum absolute atomic E-state index is 0.107. The van der Waals surface area contributed by atoms with Crippen molar-refractivity contribution in [2.75, 3.05) is 0 Å². The summed E-state index contributed by atoms with van der Waals surface area (Å²) in [6.07, 6.45) is 0. The number of hydrogen-bond donors (Lipinski definition) is 0. The van der Waals surface area contributed by atoms with Crippen LogP contribution in [0.5, 0.6) is 0 Å². The Bertz CT molecular complexity index is 3360. The first-order valence-corrected chi connectivity index (χ1v) is 21.2. The van der Waals surface area contributed by atoms with E-state index in [0.29, 0.717) is 0 Å². The summed E-state index contributed by atoms with van der Waals surface area (Å²) in [6.45, 7) is 4.78. The van der Waals surface area contributed by atoms with E-state index < -0.39 is 5.41 Å². The second-order valence-corrected chi connectivity index (χ2v) is 17.7. The number of benzene rings is 8. The van der Waals surface area contributed by atoms with E-state index in [0.717, 1.165) is 0 Å². The molecule has 2 heteroatoms. The molecule has 0 fully saturated rings. The van der Waals surface area contributed by atoms with Gasteiger partial charge in [0.15, 0.2) is 0 Å². The molecule has 2 aromatic heterocycles. The third-order valence-corrected chi connectivity index (χ3v) is 14.9. The molecule has 58 heavy (non-hydrogen) atoms. The van der Waals surface area contributed by atoms with Crippen molar-refractivity contribution in [2.24, 2.45) is 0 Å². The van der Waals surface area contributed by atoms with Gasteiger partial charge in [-0.3, -0.25) is 0 Å². The van der Waals surface area contributed by atoms with E-state index in [1.54, 1.807) is 0 Å². The van der Waals surface area contributed by atoms with Crippen LogP contribution in [0.2, 0.25) is 0 Å². The highest BCUT2D eigenvalue weighted by atomic mass is 32.1. The van der Waals surface area contributed by atoms with Gasteiger partial charge < -0.3 is 4.57 Å². The lowest BCUT2D eigenvalue weighted by atomic mass is 9.70. The summed E-state index contributed by atoms with van der Waals surface area (Å²) in [5.41, 5.74) is 21.9. The van der Waals surface area contributed by atoms with Gasteiger partial charge in [-0.15, -0.1) is 11.3 Å². The van der Waals surface area contributed by atoms with Gasteiger partial charge in [-0.1, -0.05) is 178 Å². The third kappa shape index (κ3) is 3.91. The minimum Gasteiger partial charge on any atom is -0.309 e. The van der Waals surface area contributed by atoms with Crippen molar-refractivity contribution in [1.82, 2.24) is 4.57 Å². The number of nitrogens with zero attached hydrogens (tertiary/aromatic N) is 1. The van der Waals surface area contributed by atoms with E-state index in [2.05, 4.69) is 206 Å². The normalized spacial score (nSPS) is 16.3. The zero-order valence-electron chi connectivity index (χ0n) is 32.3. The molecule has 1 spiro atoms. The average molecular weight is 756 g/mol. The van der Waals surface area contributed by atoms with Gasteiger partial charge in [0.1, 0.15) is 0 Å². The van der Waals surface area contributed by atoms with Gasteiger partial charge >= 0.3 is 0 Å². The summed E-state index contributed by atoms with van der Waals surface area (Å²) in [4.78, 5) is 2.67. The molecule has 3 aliphatic carbocycles. The number of thiophene rings is 1. The zero-order chi connectivity index (χ0) is 38.3. The predicted octanol–water partition coefficient (Wildman–Crippen LogP) is 14.8. The molecule has 0 radical (unpaired) electrons. The maximum Gasteiger partial charge on any atom is 0.0740 e. The summed E-state index contributed by atoms with van der Waals surface area (Å²) in [5.74, 6) is 0. The molecular weight excluding hydrogens is 719 g/mol. The standard InChI is InChI=1S/C56H37NS/c1-55(2)42-26-13-9-22-36(42)40-32-41-37-23-12-16-30-47(37)57(49(41)33-46(40)55)48-31-17-29-45-50(48)38-24-10-14-27-43(38)56(45)44-28-15-11-25-39(44)51-52(56)54(35-20-7-4-8-21-35)58-53(51)34-18-5-3-6-19-34/h3-33H,1-2H3. The van der Waals surface area contributed by atoms with Crippen LogP contribution in [-0.2, 0) is 10.8 Å². The maximum absolute atomic E-state index is 2.58. The molecule has 10 aromatic rings. The van der Waals surface area contributed by atoms with Crippen molar-refractivity contribution >= 4 is 33.1 Å². The van der Waals surface area contributed by atoms with Crippen LogP contribution in [0.4, 0.5) is 0 Å². The molecule has 1 nitrogen and oxygen atoms in total. The van der Waals surface area contributed by atoms with Crippen molar-refractivity contribution in [2.45, 2.75) is 24.7 Å². The van der Waals surface area contributed by atoms with Crippen molar-refractivity contribution in [3.63, 3.8) is 0 Å². The molecule has 0 N–H and O–H groups in total. The second kappa shape index (κ2) is 11.4. The molecule has 272 valence electrons. The van der Waals surface area contributed by atoms with E-state index in [1.807, 2.05) is 11.3 Å². The zero-order valence-corrected chi connectivity index (χ0v) is 33.1. The van der Waals surface area contributed by atoms with Crippen molar-refractivity contribution < 1.29 is 0 Å². The quantitative estimate of drug-likeness (QED) is 0.169. The van der Waals surface area contributed by atoms with Crippen LogP contribution in [0.15, 0.2) is 188 Å². The highest BCUT2D eigenvalue weighted by Gasteiger charge is 2.55. The Kier molecular flexibility index (Phi) is 6.38. The topological polar surface area (TPSA) is 4.93 Å². The Morgan fingerprint density at radius 1 is 0.397 bits per heavy atom. The summed E-state index contributed by atoms with van der Waals surface area (Å²) in [7, 11) is 0. The smallest absolute Gasteiger partial charge is 0.0740 e. The maximum atomic E-state index is 2.58. The van der Waals surface area contributed by atoms with Crippen LogP contribution in [0.25, 0.3) is 81.8 Å². The van der Waals surface area contributed by atoms with E-state index in [1.165, 1.54) is 115 Å². The molecule has 0 saturated carbocycles. The largest absolute Gasteiger partial charge is 0.309 e. The van der Waals surface area contributed by atoms with Crippen molar-refractivity contribution in [3.05, 3.63) is 221 Å². The summed E-state index contributed by atoms with van der Waals surface area (Å²) in [6, 6.07) is 70.8. The lowest BCUT2D eigenvalue weighted by Crippen LogP contribution is -2.26. The molecule has 0 bridgehead atoms.